The van der Waals surface area contributed by atoms with E-state index in [4.69, 9.17) is 0 Å². The summed E-state index contributed by atoms with van der Waals surface area (Å²) in [6.45, 7) is 10.8. The SMILES string of the molecule is CC(C)(C)C.Cc1cccc(-c2cn(C)c(=O)c3cc(C(=O)NC4CCS(=O)(=O)CC4)sc23)c1. The lowest BCUT2D eigenvalue weighted by molar-refractivity contribution is 0.0938. The molecule has 1 saturated heterocycles. The van der Waals surface area contributed by atoms with Gasteiger partial charge in [-0.15, -0.1) is 11.3 Å². The van der Waals surface area contributed by atoms with Crippen LogP contribution < -0.4 is 10.9 Å². The van der Waals surface area contributed by atoms with E-state index in [0.717, 1.165) is 21.4 Å². The molecule has 4 rings (SSSR count). The molecule has 1 N–H and O–H groups in total. The van der Waals surface area contributed by atoms with Crippen molar-refractivity contribution in [2.24, 2.45) is 12.5 Å². The second kappa shape index (κ2) is 10.0. The Kier molecular flexibility index (Phi) is 7.72. The summed E-state index contributed by atoms with van der Waals surface area (Å²) in [6.07, 6.45) is 2.66. The largest absolute Gasteiger partial charge is 0.349 e. The molecular weight excluding hydrogens is 468 g/mol. The van der Waals surface area contributed by atoms with Crippen LogP contribution in [-0.2, 0) is 16.9 Å². The second-order valence-electron chi connectivity index (χ2n) is 10.6. The number of hydrogen-bond acceptors (Lipinski definition) is 5. The van der Waals surface area contributed by atoms with Crippen LogP contribution in [0.3, 0.4) is 0 Å². The fourth-order valence-electron chi connectivity index (χ4n) is 3.67. The maximum absolute atomic E-state index is 12.8. The summed E-state index contributed by atoms with van der Waals surface area (Å²) in [5, 5.41) is 3.46. The van der Waals surface area contributed by atoms with Gasteiger partial charge in [0.15, 0.2) is 0 Å². The molecule has 184 valence electrons. The summed E-state index contributed by atoms with van der Waals surface area (Å²) < 4.78 is 25.5. The third-order valence-corrected chi connectivity index (χ3v) is 8.18. The van der Waals surface area contributed by atoms with E-state index in [2.05, 4.69) is 39.1 Å². The van der Waals surface area contributed by atoms with Crippen LogP contribution in [0.5, 0.6) is 0 Å². The van der Waals surface area contributed by atoms with Gasteiger partial charge in [-0.3, -0.25) is 9.59 Å². The van der Waals surface area contributed by atoms with E-state index in [1.807, 2.05) is 31.3 Å². The fraction of sp³-hybridized carbons (Fsp3) is 0.462. The third kappa shape index (κ3) is 6.79. The first-order valence-electron chi connectivity index (χ1n) is 11.4. The molecule has 6 nitrogen and oxygen atoms in total. The summed E-state index contributed by atoms with van der Waals surface area (Å²) in [6, 6.07) is 9.53. The lowest BCUT2D eigenvalue weighted by atomic mass is 10.0. The zero-order valence-corrected chi connectivity index (χ0v) is 22.4. The molecule has 1 amide bonds. The molecule has 0 bridgehead atoms. The molecule has 2 aromatic heterocycles. The number of aromatic nitrogens is 1. The number of nitrogens with zero attached hydrogens (tertiary/aromatic N) is 1. The molecule has 0 unspecified atom stereocenters. The van der Waals surface area contributed by atoms with E-state index in [-0.39, 0.29) is 29.0 Å². The molecule has 3 aromatic rings. The monoisotopic (exact) mass is 502 g/mol. The van der Waals surface area contributed by atoms with E-state index in [1.165, 1.54) is 11.3 Å². The maximum atomic E-state index is 12.8. The number of rotatable bonds is 3. The Balaban J connectivity index is 0.000000588. The van der Waals surface area contributed by atoms with E-state index in [0.29, 0.717) is 28.5 Å². The molecule has 0 spiro atoms. The Labute approximate surface area is 205 Å². The van der Waals surface area contributed by atoms with E-state index >= 15 is 0 Å². The average molecular weight is 503 g/mol. The standard InChI is InChI=1S/C21H22N2O4S2.C5H12/c1-13-4-3-5-14(10-13)17-12-23(2)21(25)16-11-18(28-19(16)17)20(24)22-15-6-8-29(26,27)9-7-15;1-5(2,3)4/h3-5,10-12,15H,6-9H2,1-2H3,(H,22,24);1-4H3. The molecule has 0 radical (unpaired) electrons. The Hall–Kier alpha value is -2.45. The minimum Gasteiger partial charge on any atom is -0.349 e. The lowest BCUT2D eigenvalue weighted by Crippen LogP contribution is -2.40. The number of aryl methyl sites for hydroxylation is 2. The number of carbonyl (C=O) groups is 1. The predicted molar refractivity (Wildman–Crippen MR) is 142 cm³/mol. The molecule has 34 heavy (non-hydrogen) atoms. The first-order valence-corrected chi connectivity index (χ1v) is 14.1. The Morgan fingerprint density at radius 1 is 1.12 bits per heavy atom. The quantitative estimate of drug-likeness (QED) is 0.550. The lowest BCUT2D eigenvalue weighted by Gasteiger charge is -2.22. The third-order valence-electron chi connectivity index (χ3n) is 5.29. The van der Waals surface area contributed by atoms with E-state index in [9.17, 15) is 18.0 Å². The highest BCUT2D eigenvalue weighted by Crippen LogP contribution is 2.33. The van der Waals surface area contributed by atoms with Gasteiger partial charge in [-0.05, 0) is 36.8 Å². The van der Waals surface area contributed by atoms with Crippen LogP contribution in [0.25, 0.3) is 21.2 Å². The number of thiophene rings is 1. The smallest absolute Gasteiger partial charge is 0.261 e. The van der Waals surface area contributed by atoms with Gasteiger partial charge in [0.2, 0.25) is 0 Å². The number of benzene rings is 1. The highest BCUT2D eigenvalue weighted by Gasteiger charge is 2.26. The van der Waals surface area contributed by atoms with Crippen LogP contribution in [0.2, 0.25) is 0 Å². The van der Waals surface area contributed by atoms with Crippen molar-refractivity contribution in [3.63, 3.8) is 0 Å². The van der Waals surface area contributed by atoms with Crippen LogP contribution >= 0.6 is 11.3 Å². The Bertz CT molecular complexity index is 1340. The van der Waals surface area contributed by atoms with Crippen molar-refractivity contribution in [3.8, 4) is 11.1 Å². The number of amides is 1. The van der Waals surface area contributed by atoms with Crippen molar-refractivity contribution in [2.75, 3.05) is 11.5 Å². The van der Waals surface area contributed by atoms with Crippen molar-refractivity contribution in [1.29, 1.82) is 0 Å². The molecule has 1 fully saturated rings. The minimum atomic E-state index is -2.98. The number of sulfone groups is 1. The average Bonchev–Trinajstić information content (AvgIpc) is 3.17. The summed E-state index contributed by atoms with van der Waals surface area (Å²) in [5.74, 6) is -0.0575. The summed E-state index contributed by atoms with van der Waals surface area (Å²) in [4.78, 5) is 25.9. The highest BCUT2D eigenvalue weighted by molar-refractivity contribution is 7.91. The summed E-state index contributed by atoms with van der Waals surface area (Å²) in [5.41, 5.74) is 3.39. The molecule has 0 aliphatic carbocycles. The molecule has 8 heteroatoms. The molecule has 0 atom stereocenters. The number of hydrogen-bond donors (Lipinski definition) is 1. The summed E-state index contributed by atoms with van der Waals surface area (Å²) >= 11 is 1.30. The summed E-state index contributed by atoms with van der Waals surface area (Å²) in [7, 11) is -1.27. The first kappa shape index (κ1) is 26.2. The van der Waals surface area contributed by atoms with Gasteiger partial charge in [-0.25, -0.2) is 8.42 Å². The van der Waals surface area contributed by atoms with Crippen LogP contribution in [0.4, 0.5) is 0 Å². The van der Waals surface area contributed by atoms with Crippen LogP contribution in [0.1, 0.15) is 55.8 Å². The van der Waals surface area contributed by atoms with Gasteiger partial charge in [-0.2, -0.15) is 0 Å². The van der Waals surface area contributed by atoms with Gasteiger partial charge < -0.3 is 9.88 Å². The normalized spacial score (nSPS) is 16.1. The molecule has 3 heterocycles. The molecule has 1 aliphatic heterocycles. The number of nitrogens with one attached hydrogen (secondary N) is 1. The zero-order valence-electron chi connectivity index (χ0n) is 20.8. The zero-order chi connectivity index (χ0) is 25.3. The topological polar surface area (TPSA) is 85.2 Å². The fourth-order valence-corrected chi connectivity index (χ4v) is 6.25. The number of pyridine rings is 1. The van der Waals surface area contributed by atoms with Crippen molar-refractivity contribution < 1.29 is 13.2 Å². The van der Waals surface area contributed by atoms with Gasteiger partial charge >= 0.3 is 0 Å². The van der Waals surface area contributed by atoms with E-state index < -0.39 is 9.84 Å². The predicted octanol–water partition coefficient (Wildman–Crippen LogP) is 4.93. The van der Waals surface area contributed by atoms with Gasteiger partial charge in [0, 0.05) is 29.5 Å². The first-order chi connectivity index (χ1) is 15.7. The van der Waals surface area contributed by atoms with Crippen LogP contribution in [-0.4, -0.2) is 36.4 Å². The van der Waals surface area contributed by atoms with Crippen molar-refractivity contribution >= 4 is 37.2 Å². The number of carbonyl (C=O) groups excluding carboxylic acids is 1. The minimum absolute atomic E-state index is 0.0996. The Morgan fingerprint density at radius 2 is 1.74 bits per heavy atom. The second-order valence-corrected chi connectivity index (χ2v) is 13.9. The van der Waals surface area contributed by atoms with Crippen molar-refractivity contribution in [3.05, 3.63) is 57.3 Å². The van der Waals surface area contributed by atoms with Crippen molar-refractivity contribution in [1.82, 2.24) is 9.88 Å². The van der Waals surface area contributed by atoms with Crippen LogP contribution in [0.15, 0.2) is 41.3 Å². The molecule has 0 saturated carbocycles. The van der Waals surface area contributed by atoms with Gasteiger partial charge in [0.1, 0.15) is 9.84 Å². The molecule has 1 aromatic carbocycles. The molecule has 1 aliphatic rings. The van der Waals surface area contributed by atoms with E-state index in [1.54, 1.807) is 17.7 Å². The van der Waals surface area contributed by atoms with Crippen molar-refractivity contribution in [2.45, 2.75) is 53.5 Å². The van der Waals surface area contributed by atoms with Gasteiger partial charge in [-0.1, -0.05) is 57.5 Å². The maximum Gasteiger partial charge on any atom is 0.261 e. The van der Waals surface area contributed by atoms with Gasteiger partial charge in [0.25, 0.3) is 11.5 Å². The van der Waals surface area contributed by atoms with Crippen LogP contribution in [0, 0.1) is 12.3 Å². The number of fused-ring (bicyclic) bond motifs is 1. The highest BCUT2D eigenvalue weighted by atomic mass is 32.2. The van der Waals surface area contributed by atoms with Gasteiger partial charge in [0.05, 0.1) is 21.8 Å². The molecular formula is C26H34N2O4S2. The Morgan fingerprint density at radius 3 is 2.32 bits per heavy atom.